The predicted molar refractivity (Wildman–Crippen MR) is 80.8 cm³/mol. The SMILES string of the molecule is COCC1C2=C(C(=O)C(C)=C(N)C2=O)N2CC3NC3C12.NC=O. The highest BCUT2D eigenvalue weighted by atomic mass is 16.5. The number of nitrogens with zero attached hydrogens (tertiary/aromatic N) is 1. The van der Waals surface area contributed by atoms with Crippen LogP contribution in [0, 0.1) is 5.92 Å². The van der Waals surface area contributed by atoms with Crippen molar-refractivity contribution >= 4 is 18.0 Å². The molecule has 1 amide bonds. The van der Waals surface area contributed by atoms with Crippen LogP contribution in [0.25, 0.3) is 0 Å². The molecule has 0 saturated carbocycles. The molecule has 23 heavy (non-hydrogen) atoms. The molecule has 8 nitrogen and oxygen atoms in total. The number of hydrogen-bond donors (Lipinski definition) is 3. The average Bonchev–Trinajstić information content (AvgIpc) is 3.07. The normalized spacial score (nSPS) is 33.9. The Balaban J connectivity index is 0.000000485. The van der Waals surface area contributed by atoms with Gasteiger partial charge in [-0.1, -0.05) is 0 Å². The molecule has 4 aliphatic rings. The minimum absolute atomic E-state index is 0.0666. The molecule has 2 fully saturated rings. The van der Waals surface area contributed by atoms with Crippen LogP contribution in [0.2, 0.25) is 0 Å². The lowest BCUT2D eigenvalue weighted by molar-refractivity contribution is -0.117. The van der Waals surface area contributed by atoms with Gasteiger partial charge in [0.15, 0.2) is 0 Å². The van der Waals surface area contributed by atoms with Gasteiger partial charge in [-0.15, -0.1) is 0 Å². The quantitative estimate of drug-likeness (QED) is 0.305. The van der Waals surface area contributed by atoms with Crippen LogP contribution < -0.4 is 16.8 Å². The molecule has 5 N–H and O–H groups in total. The summed E-state index contributed by atoms with van der Waals surface area (Å²) in [6.45, 7) is 2.86. The average molecular weight is 320 g/mol. The number of rotatable bonds is 2. The zero-order valence-electron chi connectivity index (χ0n) is 13.0. The van der Waals surface area contributed by atoms with Crippen molar-refractivity contribution in [3.8, 4) is 0 Å². The molecular weight excluding hydrogens is 300 g/mol. The Labute approximate surface area is 133 Å². The first-order chi connectivity index (χ1) is 11.0. The predicted octanol–water partition coefficient (Wildman–Crippen LogP) is -1.97. The zero-order valence-corrected chi connectivity index (χ0v) is 13.0. The number of amides is 1. The number of carbonyl (C=O) groups is 3. The molecule has 2 saturated heterocycles. The van der Waals surface area contributed by atoms with Gasteiger partial charge in [0, 0.05) is 42.8 Å². The maximum absolute atomic E-state index is 12.5. The maximum Gasteiger partial charge on any atom is 0.207 e. The molecule has 0 bridgehead atoms. The molecule has 1 aliphatic carbocycles. The Kier molecular flexibility index (Phi) is 3.73. The summed E-state index contributed by atoms with van der Waals surface area (Å²) in [7, 11) is 1.62. The molecule has 0 radical (unpaired) electrons. The van der Waals surface area contributed by atoms with Crippen molar-refractivity contribution in [2.75, 3.05) is 20.3 Å². The van der Waals surface area contributed by atoms with Crippen LogP contribution in [0.4, 0.5) is 0 Å². The van der Waals surface area contributed by atoms with Crippen molar-refractivity contribution in [1.82, 2.24) is 10.2 Å². The number of nitrogens with one attached hydrogen (secondary N) is 1. The number of allylic oxidation sites excluding steroid dienone is 2. The van der Waals surface area contributed by atoms with Crippen LogP contribution in [0.1, 0.15) is 6.92 Å². The van der Waals surface area contributed by atoms with E-state index in [1.807, 2.05) is 0 Å². The second-order valence-electron chi connectivity index (χ2n) is 6.10. The fourth-order valence-electron chi connectivity index (χ4n) is 3.94. The third kappa shape index (κ3) is 2.09. The van der Waals surface area contributed by atoms with Gasteiger partial charge in [-0.2, -0.15) is 0 Å². The summed E-state index contributed by atoms with van der Waals surface area (Å²) in [5.41, 5.74) is 11.6. The van der Waals surface area contributed by atoms with E-state index in [-0.39, 0.29) is 35.6 Å². The summed E-state index contributed by atoms with van der Waals surface area (Å²) in [5.74, 6) is -0.351. The summed E-state index contributed by atoms with van der Waals surface area (Å²) in [4.78, 5) is 35.7. The minimum Gasteiger partial charge on any atom is -0.395 e. The number of piperazine rings is 1. The van der Waals surface area contributed by atoms with E-state index in [0.29, 0.717) is 35.5 Å². The van der Waals surface area contributed by atoms with Gasteiger partial charge in [-0.05, 0) is 6.92 Å². The van der Waals surface area contributed by atoms with Crippen LogP contribution in [-0.2, 0) is 19.1 Å². The van der Waals surface area contributed by atoms with Crippen LogP contribution in [0.3, 0.4) is 0 Å². The first-order valence-corrected chi connectivity index (χ1v) is 7.44. The molecule has 4 atom stereocenters. The van der Waals surface area contributed by atoms with Gasteiger partial charge in [0.2, 0.25) is 18.0 Å². The van der Waals surface area contributed by atoms with Gasteiger partial charge < -0.3 is 26.4 Å². The van der Waals surface area contributed by atoms with Crippen molar-refractivity contribution < 1.29 is 19.1 Å². The summed E-state index contributed by atoms with van der Waals surface area (Å²) >= 11 is 0. The van der Waals surface area contributed by atoms with Crippen LogP contribution in [0.15, 0.2) is 22.5 Å². The summed E-state index contributed by atoms with van der Waals surface area (Å²) in [6.07, 6.45) is 0.250. The molecule has 8 heteroatoms. The lowest BCUT2D eigenvalue weighted by atomic mass is 9.84. The number of primary amides is 1. The molecule has 3 heterocycles. The van der Waals surface area contributed by atoms with E-state index in [1.54, 1.807) is 14.0 Å². The first-order valence-electron chi connectivity index (χ1n) is 7.44. The number of Topliss-reactive ketones (excluding diaryl/α,β-unsaturated/α-hetero) is 2. The van der Waals surface area contributed by atoms with E-state index in [9.17, 15) is 9.59 Å². The highest BCUT2D eigenvalue weighted by molar-refractivity contribution is 6.25. The highest BCUT2D eigenvalue weighted by Gasteiger charge is 2.62. The van der Waals surface area contributed by atoms with Gasteiger partial charge >= 0.3 is 0 Å². The third-order valence-electron chi connectivity index (χ3n) is 4.97. The molecule has 0 aromatic heterocycles. The number of hydrogen-bond acceptors (Lipinski definition) is 7. The molecule has 0 aromatic carbocycles. The topological polar surface area (TPSA) is 138 Å². The standard InChI is InChI=1S/C14H17N3O3.CH3NO/c1-5-9(15)14(19)8-6(4-20-2)11-10-7(16-10)3-17(11)12(8)13(5)18;2-1-3/h6-7,10-11,16H,3-4,15H2,1-2H3;1H,(H2,2,3). The number of ether oxygens (including phenoxy) is 1. The van der Waals surface area contributed by atoms with Gasteiger partial charge in [0.05, 0.1) is 24.0 Å². The van der Waals surface area contributed by atoms with Gasteiger partial charge in [-0.3, -0.25) is 14.4 Å². The molecule has 4 rings (SSSR count). The van der Waals surface area contributed by atoms with Gasteiger partial charge in [-0.25, -0.2) is 0 Å². The Morgan fingerprint density at radius 3 is 2.65 bits per heavy atom. The largest absolute Gasteiger partial charge is 0.395 e. The second-order valence-corrected chi connectivity index (χ2v) is 6.10. The van der Waals surface area contributed by atoms with Gasteiger partial charge in [0.25, 0.3) is 0 Å². The maximum atomic E-state index is 12.5. The van der Waals surface area contributed by atoms with E-state index in [4.69, 9.17) is 15.3 Å². The molecular formula is C15H20N4O4. The lowest BCUT2D eigenvalue weighted by Gasteiger charge is -2.27. The fourth-order valence-corrected chi connectivity index (χ4v) is 3.94. The Morgan fingerprint density at radius 2 is 2.04 bits per heavy atom. The highest BCUT2D eigenvalue weighted by Crippen LogP contribution is 2.48. The van der Waals surface area contributed by atoms with Crippen molar-refractivity contribution in [3.05, 3.63) is 22.5 Å². The lowest BCUT2D eigenvalue weighted by Crippen LogP contribution is -2.39. The Bertz CT molecular complexity index is 654. The zero-order chi connectivity index (χ0) is 16.9. The molecule has 0 aromatic rings. The van der Waals surface area contributed by atoms with Crippen LogP contribution >= 0.6 is 0 Å². The number of methoxy groups -OCH3 is 1. The molecule has 124 valence electrons. The third-order valence-corrected chi connectivity index (χ3v) is 4.97. The van der Waals surface area contributed by atoms with Crippen LogP contribution in [-0.4, -0.2) is 61.3 Å². The van der Waals surface area contributed by atoms with Crippen molar-refractivity contribution in [1.29, 1.82) is 0 Å². The van der Waals surface area contributed by atoms with Crippen molar-refractivity contribution in [2.45, 2.75) is 25.0 Å². The van der Waals surface area contributed by atoms with Crippen LogP contribution in [0.5, 0.6) is 0 Å². The van der Waals surface area contributed by atoms with E-state index >= 15 is 0 Å². The number of ketones is 2. The molecule has 3 aliphatic heterocycles. The van der Waals surface area contributed by atoms with E-state index in [2.05, 4.69) is 16.0 Å². The number of carbonyl (C=O) groups excluding carboxylic acids is 3. The van der Waals surface area contributed by atoms with E-state index < -0.39 is 0 Å². The van der Waals surface area contributed by atoms with E-state index in [0.717, 1.165) is 6.54 Å². The van der Waals surface area contributed by atoms with Gasteiger partial charge in [0.1, 0.15) is 0 Å². The smallest absolute Gasteiger partial charge is 0.207 e. The summed E-state index contributed by atoms with van der Waals surface area (Å²) < 4.78 is 5.29. The number of nitrogens with two attached hydrogens (primary N) is 2. The van der Waals surface area contributed by atoms with E-state index in [1.165, 1.54) is 0 Å². The monoisotopic (exact) mass is 320 g/mol. The minimum atomic E-state index is -0.189. The summed E-state index contributed by atoms with van der Waals surface area (Å²) in [5, 5.41) is 3.40. The molecule has 0 spiro atoms. The van der Waals surface area contributed by atoms with Crippen molar-refractivity contribution in [3.63, 3.8) is 0 Å². The Morgan fingerprint density at radius 1 is 1.39 bits per heavy atom. The fraction of sp³-hybridized carbons (Fsp3) is 0.533. The second kappa shape index (κ2) is 5.47. The first kappa shape index (κ1) is 15.7. The number of fused-ring (bicyclic) bond motifs is 4. The molecule has 4 unspecified atom stereocenters. The Hall–Kier alpha value is -2.19. The summed E-state index contributed by atoms with van der Waals surface area (Å²) in [6, 6.07) is 0.958. The van der Waals surface area contributed by atoms with Crippen molar-refractivity contribution in [2.24, 2.45) is 17.4 Å².